The number of aliphatic hydroxyl groups is 1. The Balaban J connectivity index is 1.42. The molecule has 1 N–H and O–H groups in total. The van der Waals surface area contributed by atoms with E-state index in [1.165, 1.54) is 16.5 Å². The van der Waals surface area contributed by atoms with Gasteiger partial charge in [0.2, 0.25) is 0 Å². The summed E-state index contributed by atoms with van der Waals surface area (Å²) in [5, 5.41) is 10.8. The number of nitrogens with zero attached hydrogens (tertiary/aromatic N) is 3. The van der Waals surface area contributed by atoms with Crippen molar-refractivity contribution in [3.8, 4) is 5.75 Å². The molecule has 0 aliphatic carbocycles. The lowest BCUT2D eigenvalue weighted by atomic mass is 10.1. The van der Waals surface area contributed by atoms with Crippen molar-refractivity contribution in [2.75, 3.05) is 33.4 Å². The van der Waals surface area contributed by atoms with Gasteiger partial charge in [0.1, 0.15) is 5.75 Å². The summed E-state index contributed by atoms with van der Waals surface area (Å²) in [6.07, 6.45) is 2.63. The first kappa shape index (κ1) is 19.8. The van der Waals surface area contributed by atoms with Crippen molar-refractivity contribution in [3.63, 3.8) is 0 Å². The second-order valence-electron chi connectivity index (χ2n) is 7.75. The van der Waals surface area contributed by atoms with Crippen LogP contribution in [0.4, 0.5) is 0 Å². The number of piperazine rings is 1. The van der Waals surface area contributed by atoms with Crippen molar-refractivity contribution in [2.45, 2.75) is 25.6 Å². The summed E-state index contributed by atoms with van der Waals surface area (Å²) < 4.78 is 5.36. The van der Waals surface area contributed by atoms with E-state index in [0.29, 0.717) is 6.04 Å². The average Bonchev–Trinajstić information content (AvgIpc) is 2.76. The van der Waals surface area contributed by atoms with Gasteiger partial charge in [-0.1, -0.05) is 24.3 Å². The Hall–Kier alpha value is -2.47. The molecule has 0 radical (unpaired) electrons. The highest BCUT2D eigenvalue weighted by Crippen LogP contribution is 2.21. The molecule has 152 valence electrons. The topological polar surface area (TPSA) is 48.8 Å². The molecule has 1 atom stereocenters. The van der Waals surface area contributed by atoms with Crippen molar-refractivity contribution in [1.82, 2.24) is 14.8 Å². The van der Waals surface area contributed by atoms with E-state index in [1.807, 2.05) is 24.4 Å². The van der Waals surface area contributed by atoms with E-state index in [9.17, 15) is 5.11 Å². The van der Waals surface area contributed by atoms with Gasteiger partial charge in [0.15, 0.2) is 0 Å². The number of hydrogen-bond acceptors (Lipinski definition) is 5. The first-order valence-electron chi connectivity index (χ1n) is 10.3. The van der Waals surface area contributed by atoms with Crippen molar-refractivity contribution in [2.24, 2.45) is 0 Å². The number of aromatic nitrogens is 1. The molecule has 5 heteroatoms. The van der Waals surface area contributed by atoms with Gasteiger partial charge in [-0.15, -0.1) is 0 Å². The highest BCUT2D eigenvalue weighted by Gasteiger charge is 2.26. The van der Waals surface area contributed by atoms with Gasteiger partial charge in [-0.25, -0.2) is 0 Å². The number of ether oxygens (including phenoxy) is 1. The van der Waals surface area contributed by atoms with Crippen molar-refractivity contribution < 1.29 is 9.84 Å². The third kappa shape index (κ3) is 4.93. The summed E-state index contributed by atoms with van der Waals surface area (Å²) >= 11 is 0. The molecule has 1 aromatic heterocycles. The number of methoxy groups -OCH3 is 1. The molecule has 1 fully saturated rings. The minimum Gasteiger partial charge on any atom is -0.497 e. The number of fused-ring (bicyclic) bond motifs is 1. The van der Waals surface area contributed by atoms with Gasteiger partial charge in [-0.05, 0) is 47.9 Å². The Bertz CT molecular complexity index is 946. The largest absolute Gasteiger partial charge is 0.497 e. The molecule has 1 saturated heterocycles. The van der Waals surface area contributed by atoms with Crippen LogP contribution >= 0.6 is 0 Å². The molecule has 5 nitrogen and oxygen atoms in total. The summed E-state index contributed by atoms with van der Waals surface area (Å²) in [6.45, 7) is 5.02. The Morgan fingerprint density at radius 1 is 1.03 bits per heavy atom. The lowest BCUT2D eigenvalue weighted by molar-refractivity contribution is 0.0499. The van der Waals surface area contributed by atoms with E-state index in [1.54, 1.807) is 7.11 Å². The van der Waals surface area contributed by atoms with Gasteiger partial charge >= 0.3 is 0 Å². The molecule has 29 heavy (non-hydrogen) atoms. The number of benzene rings is 2. The second-order valence-corrected chi connectivity index (χ2v) is 7.75. The van der Waals surface area contributed by atoms with E-state index in [-0.39, 0.29) is 6.61 Å². The first-order valence-corrected chi connectivity index (χ1v) is 10.3. The molecule has 2 heterocycles. The lowest BCUT2D eigenvalue weighted by Crippen LogP contribution is -2.52. The third-order valence-electron chi connectivity index (χ3n) is 5.74. The molecule has 3 aromatic rings. The number of aliphatic hydroxyl groups excluding tert-OH is 1. The maximum atomic E-state index is 9.61. The van der Waals surface area contributed by atoms with Gasteiger partial charge in [-0.3, -0.25) is 14.8 Å². The van der Waals surface area contributed by atoms with E-state index in [0.717, 1.165) is 50.4 Å². The minimum absolute atomic E-state index is 0.217. The maximum Gasteiger partial charge on any atom is 0.119 e. The van der Waals surface area contributed by atoms with Crippen LogP contribution in [0.15, 0.2) is 60.8 Å². The average molecular weight is 392 g/mol. The molecule has 1 aliphatic heterocycles. The van der Waals surface area contributed by atoms with Gasteiger partial charge in [0, 0.05) is 57.0 Å². The van der Waals surface area contributed by atoms with Crippen LogP contribution in [-0.2, 0) is 13.1 Å². The fourth-order valence-electron chi connectivity index (χ4n) is 4.22. The predicted octanol–water partition coefficient (Wildman–Crippen LogP) is 3.31. The summed E-state index contributed by atoms with van der Waals surface area (Å²) in [5.41, 5.74) is 3.61. The van der Waals surface area contributed by atoms with E-state index in [2.05, 4.69) is 51.2 Å². The molecule has 0 amide bonds. The van der Waals surface area contributed by atoms with Gasteiger partial charge in [0.25, 0.3) is 0 Å². The molecule has 4 rings (SSSR count). The quantitative estimate of drug-likeness (QED) is 0.670. The molecule has 0 saturated carbocycles. The van der Waals surface area contributed by atoms with Gasteiger partial charge in [0.05, 0.1) is 12.6 Å². The van der Waals surface area contributed by atoms with E-state index >= 15 is 0 Å². The van der Waals surface area contributed by atoms with Gasteiger partial charge in [-0.2, -0.15) is 0 Å². The fraction of sp³-hybridized carbons (Fsp3) is 0.375. The molecule has 2 aromatic carbocycles. The van der Waals surface area contributed by atoms with Crippen LogP contribution in [0.25, 0.3) is 10.9 Å². The van der Waals surface area contributed by atoms with E-state index in [4.69, 9.17) is 4.74 Å². The number of rotatable bonds is 7. The predicted molar refractivity (Wildman–Crippen MR) is 116 cm³/mol. The molecular formula is C24H29N3O2. The minimum atomic E-state index is 0.217. The summed E-state index contributed by atoms with van der Waals surface area (Å²) in [4.78, 5) is 9.40. The highest BCUT2D eigenvalue weighted by atomic mass is 16.5. The van der Waals surface area contributed by atoms with Crippen LogP contribution in [-0.4, -0.2) is 59.3 Å². The second kappa shape index (κ2) is 9.35. The van der Waals surface area contributed by atoms with Crippen LogP contribution in [0, 0.1) is 0 Å². The Kier molecular flexibility index (Phi) is 6.39. The third-order valence-corrected chi connectivity index (χ3v) is 5.74. The standard InChI is InChI=1S/C24H29N3O2/c1-29-23-6-2-4-19(15-23)17-27-12-11-26(18-22(27)9-13-28)16-20-7-8-24-21(14-20)5-3-10-25-24/h2-8,10,14-15,22,28H,9,11-13,16-18H2,1H3. The fourth-order valence-corrected chi connectivity index (χ4v) is 4.22. The van der Waals surface area contributed by atoms with Crippen LogP contribution in [0.1, 0.15) is 17.5 Å². The SMILES string of the molecule is COc1cccc(CN2CCN(Cc3ccc4ncccc4c3)CC2CCO)c1. The van der Waals surface area contributed by atoms with E-state index < -0.39 is 0 Å². The van der Waals surface area contributed by atoms with Gasteiger partial charge < -0.3 is 9.84 Å². The molecule has 0 bridgehead atoms. The zero-order chi connectivity index (χ0) is 20.1. The van der Waals surface area contributed by atoms with Crippen molar-refractivity contribution in [1.29, 1.82) is 0 Å². The normalized spacial score (nSPS) is 18.2. The number of hydrogen-bond donors (Lipinski definition) is 1. The maximum absolute atomic E-state index is 9.61. The summed E-state index contributed by atoms with van der Waals surface area (Å²) in [5.74, 6) is 0.894. The van der Waals surface area contributed by atoms with Crippen LogP contribution in [0.3, 0.4) is 0 Å². The Labute approximate surface area is 172 Å². The molecule has 1 aliphatic rings. The molecule has 0 spiro atoms. The van der Waals surface area contributed by atoms with Crippen molar-refractivity contribution >= 4 is 10.9 Å². The Morgan fingerprint density at radius 3 is 2.79 bits per heavy atom. The zero-order valence-corrected chi connectivity index (χ0v) is 17.0. The number of pyridine rings is 1. The van der Waals surface area contributed by atoms with Crippen LogP contribution < -0.4 is 4.74 Å². The van der Waals surface area contributed by atoms with Crippen molar-refractivity contribution in [3.05, 3.63) is 71.9 Å². The summed E-state index contributed by atoms with van der Waals surface area (Å²) in [7, 11) is 1.70. The highest BCUT2D eigenvalue weighted by molar-refractivity contribution is 5.78. The van der Waals surface area contributed by atoms with Crippen LogP contribution in [0.5, 0.6) is 5.75 Å². The smallest absolute Gasteiger partial charge is 0.119 e. The van der Waals surface area contributed by atoms with Crippen LogP contribution in [0.2, 0.25) is 0 Å². The molecular weight excluding hydrogens is 362 g/mol. The molecule has 1 unspecified atom stereocenters. The Morgan fingerprint density at radius 2 is 1.93 bits per heavy atom. The lowest BCUT2D eigenvalue weighted by Gasteiger charge is -2.41. The zero-order valence-electron chi connectivity index (χ0n) is 17.0. The first-order chi connectivity index (χ1) is 14.2. The summed E-state index contributed by atoms with van der Waals surface area (Å²) in [6, 6.07) is 19.3. The monoisotopic (exact) mass is 391 g/mol.